The van der Waals surface area contributed by atoms with E-state index in [1.807, 2.05) is 48.7 Å². The van der Waals surface area contributed by atoms with Gasteiger partial charge in [-0.25, -0.2) is 4.98 Å². The Morgan fingerprint density at radius 3 is 2.48 bits per heavy atom. The van der Waals surface area contributed by atoms with Gasteiger partial charge in [0.25, 0.3) is 5.56 Å². The van der Waals surface area contributed by atoms with Crippen LogP contribution >= 0.6 is 0 Å². The minimum Gasteiger partial charge on any atom is -0.368 e. The van der Waals surface area contributed by atoms with E-state index in [2.05, 4.69) is 44.0 Å². The zero-order valence-corrected chi connectivity index (χ0v) is 18.4. The van der Waals surface area contributed by atoms with E-state index in [0.717, 1.165) is 67.5 Å². The minimum atomic E-state index is -0.0554. The Balaban J connectivity index is 1.27. The normalized spacial score (nSPS) is 15.9. The molecule has 0 spiro atoms. The summed E-state index contributed by atoms with van der Waals surface area (Å²) in [6.07, 6.45) is 3.52. The van der Waals surface area contributed by atoms with Gasteiger partial charge in [-0.05, 0) is 48.7 Å². The second kappa shape index (κ2) is 8.20. The van der Waals surface area contributed by atoms with Crippen molar-refractivity contribution in [2.75, 3.05) is 36.0 Å². The van der Waals surface area contributed by atoms with Gasteiger partial charge in [0.1, 0.15) is 5.82 Å². The number of pyridine rings is 1. The Hall–Kier alpha value is -3.93. The fourth-order valence-electron chi connectivity index (χ4n) is 4.90. The first-order valence-electron chi connectivity index (χ1n) is 11.5. The average Bonchev–Trinajstić information content (AvgIpc) is 3.01. The summed E-state index contributed by atoms with van der Waals surface area (Å²) >= 11 is 0. The smallest absolute Gasteiger partial charge is 0.258 e. The molecule has 0 amide bonds. The first kappa shape index (κ1) is 19.7. The van der Waals surface area contributed by atoms with E-state index in [9.17, 15) is 4.79 Å². The molecule has 1 N–H and O–H groups in total. The van der Waals surface area contributed by atoms with Crippen LogP contribution in [0.25, 0.3) is 11.3 Å². The number of aromatic nitrogens is 2. The molecule has 0 saturated carbocycles. The highest BCUT2D eigenvalue weighted by molar-refractivity contribution is 6.08. The molecule has 1 aliphatic carbocycles. The molecular weight excluding hydrogens is 410 g/mol. The van der Waals surface area contributed by atoms with E-state index in [4.69, 9.17) is 4.99 Å². The maximum absolute atomic E-state index is 12.8. The van der Waals surface area contributed by atoms with Crippen LogP contribution < -0.4 is 15.4 Å². The summed E-state index contributed by atoms with van der Waals surface area (Å²) in [4.78, 5) is 30.0. The summed E-state index contributed by atoms with van der Waals surface area (Å²) in [5.74, 6) is 1.04. The number of aliphatic imine (C=N–C) groups is 1. The predicted octanol–water partition coefficient (Wildman–Crippen LogP) is 4.27. The molecule has 6 heteroatoms. The average molecular weight is 436 g/mol. The summed E-state index contributed by atoms with van der Waals surface area (Å²) in [6.45, 7) is 3.76. The molecule has 4 aliphatic rings. The highest BCUT2D eigenvalue weighted by Gasteiger charge is 2.23. The third-order valence-electron chi connectivity index (χ3n) is 6.64. The molecular formula is C27H25N5O. The fraction of sp³-hybridized carbons (Fsp3) is 0.222. The maximum Gasteiger partial charge on any atom is 0.258 e. The first-order chi connectivity index (χ1) is 16.3. The number of rotatable bonds is 3. The number of aryl methyl sites for hydroxylation is 1. The van der Waals surface area contributed by atoms with Gasteiger partial charge in [-0.3, -0.25) is 9.79 Å². The molecule has 1 aromatic carbocycles. The number of hydrogen-bond donors (Lipinski definition) is 1. The van der Waals surface area contributed by atoms with Crippen LogP contribution in [0, 0.1) is 0 Å². The Bertz CT molecular complexity index is 1350. The molecule has 1 fully saturated rings. The van der Waals surface area contributed by atoms with Crippen molar-refractivity contribution in [3.63, 3.8) is 0 Å². The van der Waals surface area contributed by atoms with Crippen molar-refractivity contribution < 1.29 is 0 Å². The lowest BCUT2D eigenvalue weighted by molar-refractivity contribution is 0.647. The van der Waals surface area contributed by atoms with Crippen LogP contribution in [0.3, 0.4) is 0 Å². The van der Waals surface area contributed by atoms with E-state index in [0.29, 0.717) is 5.56 Å². The molecule has 0 unspecified atom stereocenters. The van der Waals surface area contributed by atoms with Crippen LogP contribution in [0.5, 0.6) is 0 Å². The largest absolute Gasteiger partial charge is 0.368 e. The van der Waals surface area contributed by atoms with Crippen LogP contribution in [0.4, 0.5) is 17.2 Å². The topological polar surface area (TPSA) is 64.6 Å². The number of nitrogens with zero attached hydrogens (tertiary/aromatic N) is 4. The Morgan fingerprint density at radius 2 is 1.64 bits per heavy atom. The molecule has 0 radical (unpaired) electrons. The third kappa shape index (κ3) is 3.67. The van der Waals surface area contributed by atoms with E-state index < -0.39 is 0 Å². The van der Waals surface area contributed by atoms with Gasteiger partial charge >= 0.3 is 0 Å². The quantitative estimate of drug-likeness (QED) is 0.522. The highest BCUT2D eigenvalue weighted by atomic mass is 16.1. The lowest BCUT2D eigenvalue weighted by atomic mass is 9.95. The van der Waals surface area contributed by atoms with Crippen molar-refractivity contribution >= 4 is 22.9 Å². The number of hydrogen-bond acceptors (Lipinski definition) is 5. The molecule has 1 saturated heterocycles. The summed E-state index contributed by atoms with van der Waals surface area (Å²) in [5, 5.41) is 0. The standard InChI is InChI=1S/C27H25N5O/c33-27-26(21-6-2-1-3-7-22(21)30-27)23-12-10-19-9-11-20(18-24(19)29-23)31-14-16-32(17-15-31)25-8-4-5-13-28-25/h1-9,11,13,18H,10,12,14-17H2,(H,30,33). The van der Waals surface area contributed by atoms with Crippen molar-refractivity contribution in [2.24, 2.45) is 4.99 Å². The van der Waals surface area contributed by atoms with Crippen LogP contribution in [0.1, 0.15) is 17.5 Å². The molecule has 33 heavy (non-hydrogen) atoms. The van der Waals surface area contributed by atoms with Gasteiger partial charge in [0.05, 0.1) is 17.0 Å². The third-order valence-corrected chi connectivity index (χ3v) is 6.64. The van der Waals surface area contributed by atoms with Crippen LogP contribution in [0.15, 0.2) is 82.7 Å². The van der Waals surface area contributed by atoms with Gasteiger partial charge in [0.15, 0.2) is 0 Å². The molecule has 1 aromatic heterocycles. The van der Waals surface area contributed by atoms with Gasteiger partial charge < -0.3 is 14.8 Å². The van der Waals surface area contributed by atoms with Crippen molar-refractivity contribution in [3.8, 4) is 11.3 Å². The van der Waals surface area contributed by atoms with Crippen LogP contribution in [-0.4, -0.2) is 41.9 Å². The molecule has 0 atom stereocenters. The van der Waals surface area contributed by atoms with E-state index >= 15 is 0 Å². The number of benzene rings is 1. The summed E-state index contributed by atoms with van der Waals surface area (Å²) in [6, 6.07) is 22.5. The van der Waals surface area contributed by atoms with Crippen molar-refractivity contribution in [1.82, 2.24) is 9.97 Å². The van der Waals surface area contributed by atoms with E-state index in [1.54, 1.807) is 0 Å². The molecule has 0 bridgehead atoms. The molecule has 4 heterocycles. The predicted molar refractivity (Wildman–Crippen MR) is 133 cm³/mol. The minimum absolute atomic E-state index is 0.0554. The van der Waals surface area contributed by atoms with Crippen molar-refractivity contribution in [2.45, 2.75) is 12.8 Å². The lowest BCUT2D eigenvalue weighted by Crippen LogP contribution is -2.46. The molecule has 6 rings (SSSR count). The number of piperazine rings is 1. The molecule has 164 valence electrons. The zero-order chi connectivity index (χ0) is 22.2. The van der Waals surface area contributed by atoms with Gasteiger partial charge in [0.2, 0.25) is 0 Å². The van der Waals surface area contributed by atoms with E-state index in [-0.39, 0.29) is 5.56 Å². The molecule has 3 aliphatic heterocycles. The van der Waals surface area contributed by atoms with Crippen molar-refractivity contribution in [1.29, 1.82) is 0 Å². The lowest BCUT2D eigenvalue weighted by Gasteiger charge is -2.37. The number of H-pyrrole nitrogens is 1. The number of fused-ring (bicyclic) bond motifs is 2. The van der Waals surface area contributed by atoms with Crippen LogP contribution in [0.2, 0.25) is 0 Å². The Labute approximate surface area is 192 Å². The van der Waals surface area contributed by atoms with Crippen molar-refractivity contribution in [3.05, 3.63) is 94.4 Å². The Morgan fingerprint density at radius 1 is 0.818 bits per heavy atom. The first-order valence-corrected chi connectivity index (χ1v) is 11.5. The monoisotopic (exact) mass is 435 g/mol. The zero-order valence-electron chi connectivity index (χ0n) is 18.4. The molecule has 6 nitrogen and oxygen atoms in total. The van der Waals surface area contributed by atoms with Crippen LogP contribution in [-0.2, 0) is 6.42 Å². The summed E-state index contributed by atoms with van der Waals surface area (Å²) in [7, 11) is 0. The molecule has 2 aromatic rings. The maximum atomic E-state index is 12.8. The fourth-order valence-corrected chi connectivity index (χ4v) is 4.90. The summed E-state index contributed by atoms with van der Waals surface area (Å²) < 4.78 is 0. The summed E-state index contributed by atoms with van der Waals surface area (Å²) in [5.41, 5.74) is 6.74. The second-order valence-electron chi connectivity index (χ2n) is 8.60. The SMILES string of the molecule is O=c1[nH]c2cccccc-2c1C1=Nc2cc(N3CCN(c4ccccn4)CC3)ccc2CC1. The number of anilines is 2. The second-order valence-corrected chi connectivity index (χ2v) is 8.60. The van der Waals surface area contributed by atoms with Gasteiger partial charge in [-0.15, -0.1) is 0 Å². The van der Waals surface area contributed by atoms with Gasteiger partial charge in [0, 0.05) is 49.3 Å². The van der Waals surface area contributed by atoms with E-state index in [1.165, 1.54) is 11.3 Å². The van der Waals surface area contributed by atoms with Gasteiger partial charge in [-0.2, -0.15) is 0 Å². The number of aromatic amines is 1. The number of nitrogens with one attached hydrogen (secondary N) is 1. The Kier molecular flexibility index (Phi) is 4.91. The highest BCUT2D eigenvalue weighted by Crippen LogP contribution is 2.34. The van der Waals surface area contributed by atoms with Gasteiger partial charge in [-0.1, -0.05) is 36.4 Å².